The first-order valence-corrected chi connectivity index (χ1v) is 8.81. The van der Waals surface area contributed by atoms with Gasteiger partial charge in [-0.1, -0.05) is 12.1 Å². The molecular weight excluding hydrogens is 393 g/mol. The number of para-hydroxylation sites is 1. The molecule has 1 aliphatic rings. The van der Waals surface area contributed by atoms with Crippen LogP contribution in [-0.4, -0.2) is 25.3 Å². The highest BCUT2D eigenvalue weighted by Gasteiger charge is 2.34. The van der Waals surface area contributed by atoms with Gasteiger partial charge in [-0.25, -0.2) is 4.99 Å². The van der Waals surface area contributed by atoms with Gasteiger partial charge < -0.3 is 14.8 Å². The number of alkyl halides is 3. The molecule has 0 aliphatic carbocycles. The number of halogens is 3. The Bertz CT molecular complexity index is 971. The average Bonchev–Trinajstić information content (AvgIpc) is 3.00. The predicted octanol–water partition coefficient (Wildman–Crippen LogP) is 4.61. The van der Waals surface area contributed by atoms with Crippen molar-refractivity contribution in [2.24, 2.45) is 4.99 Å². The third kappa shape index (κ3) is 4.30. The molecular formula is C19H15F3N2O3S. The van der Waals surface area contributed by atoms with E-state index in [0.29, 0.717) is 17.1 Å². The van der Waals surface area contributed by atoms with E-state index in [2.05, 4.69) is 10.3 Å². The number of thioether (sulfide) groups is 1. The van der Waals surface area contributed by atoms with Crippen molar-refractivity contribution in [3.63, 3.8) is 0 Å². The van der Waals surface area contributed by atoms with Crippen molar-refractivity contribution in [3.05, 3.63) is 58.5 Å². The molecule has 0 aromatic heterocycles. The van der Waals surface area contributed by atoms with E-state index in [1.165, 1.54) is 32.4 Å². The van der Waals surface area contributed by atoms with Crippen molar-refractivity contribution < 1.29 is 27.4 Å². The van der Waals surface area contributed by atoms with Crippen molar-refractivity contribution in [3.8, 4) is 11.5 Å². The molecule has 28 heavy (non-hydrogen) atoms. The topological polar surface area (TPSA) is 59.9 Å². The quantitative estimate of drug-likeness (QED) is 0.751. The lowest BCUT2D eigenvalue weighted by Crippen LogP contribution is -2.19. The standard InChI is InChI=1S/C19H15F3N2O3S/c1-26-12-7-8-15(27-2)11(9-12)10-16-17(25)24-18(28-16)23-14-6-4-3-5-13(14)19(20,21)22/h3-10H,1-2H3,(H,23,24,25)/b16-10-. The van der Waals surface area contributed by atoms with Crippen LogP contribution in [0.3, 0.4) is 0 Å². The number of carbonyl (C=O) groups is 1. The van der Waals surface area contributed by atoms with Crippen LogP contribution in [-0.2, 0) is 11.0 Å². The summed E-state index contributed by atoms with van der Waals surface area (Å²) in [5.41, 5.74) is -0.543. The van der Waals surface area contributed by atoms with Gasteiger partial charge in [0.15, 0.2) is 5.17 Å². The minimum atomic E-state index is -4.54. The second-order valence-corrected chi connectivity index (χ2v) is 6.64. The minimum absolute atomic E-state index is 0.0646. The van der Waals surface area contributed by atoms with Crippen molar-refractivity contribution in [1.82, 2.24) is 5.32 Å². The number of hydrogen-bond donors (Lipinski definition) is 1. The lowest BCUT2D eigenvalue weighted by Gasteiger charge is -2.09. The summed E-state index contributed by atoms with van der Waals surface area (Å²) in [4.78, 5) is 16.5. The Kier molecular flexibility index (Phi) is 5.64. The number of carbonyl (C=O) groups excluding carboxylic acids is 1. The Labute approximate surface area is 163 Å². The highest BCUT2D eigenvalue weighted by atomic mass is 32.2. The molecule has 5 nitrogen and oxygen atoms in total. The number of rotatable bonds is 4. The Hall–Kier alpha value is -2.94. The zero-order chi connectivity index (χ0) is 20.3. The second-order valence-electron chi connectivity index (χ2n) is 5.60. The zero-order valence-corrected chi connectivity index (χ0v) is 15.6. The van der Waals surface area contributed by atoms with Gasteiger partial charge in [-0.05, 0) is 48.2 Å². The van der Waals surface area contributed by atoms with Crippen LogP contribution in [0.5, 0.6) is 11.5 Å². The first-order chi connectivity index (χ1) is 13.3. The first-order valence-electron chi connectivity index (χ1n) is 7.99. The maximum Gasteiger partial charge on any atom is 0.418 e. The van der Waals surface area contributed by atoms with Gasteiger partial charge in [-0.15, -0.1) is 0 Å². The first kappa shape index (κ1) is 19.8. The fraction of sp³-hybridized carbons (Fsp3) is 0.158. The summed E-state index contributed by atoms with van der Waals surface area (Å²) < 4.78 is 49.8. The SMILES string of the molecule is COc1ccc(OC)c(/C=C2\SC(=Nc3ccccc3C(F)(F)F)NC2=O)c1. The maximum absolute atomic E-state index is 13.1. The largest absolute Gasteiger partial charge is 0.497 e. The molecule has 2 aromatic carbocycles. The molecule has 9 heteroatoms. The third-order valence-corrected chi connectivity index (χ3v) is 4.72. The Balaban J connectivity index is 1.93. The molecule has 0 radical (unpaired) electrons. The number of hydrogen-bond acceptors (Lipinski definition) is 5. The van der Waals surface area contributed by atoms with Crippen LogP contribution in [0.4, 0.5) is 18.9 Å². The number of ether oxygens (including phenoxy) is 2. The summed E-state index contributed by atoms with van der Waals surface area (Å²) in [5.74, 6) is 0.636. The molecule has 0 saturated carbocycles. The number of methoxy groups -OCH3 is 2. The molecule has 1 heterocycles. The number of benzene rings is 2. The van der Waals surface area contributed by atoms with Crippen LogP contribution < -0.4 is 14.8 Å². The monoisotopic (exact) mass is 408 g/mol. The fourth-order valence-electron chi connectivity index (χ4n) is 2.49. The highest BCUT2D eigenvalue weighted by Crippen LogP contribution is 2.38. The van der Waals surface area contributed by atoms with Gasteiger partial charge in [0.05, 0.1) is 30.4 Å². The van der Waals surface area contributed by atoms with Crippen molar-refractivity contribution in [1.29, 1.82) is 0 Å². The van der Waals surface area contributed by atoms with Crippen LogP contribution in [0, 0.1) is 0 Å². The Morgan fingerprint density at radius 3 is 2.54 bits per heavy atom. The van der Waals surface area contributed by atoms with E-state index in [-0.39, 0.29) is 15.8 Å². The van der Waals surface area contributed by atoms with E-state index < -0.39 is 17.6 Å². The highest BCUT2D eigenvalue weighted by molar-refractivity contribution is 8.18. The molecule has 0 atom stereocenters. The summed E-state index contributed by atoms with van der Waals surface area (Å²) in [6, 6.07) is 10.0. The molecule has 0 bridgehead atoms. The zero-order valence-electron chi connectivity index (χ0n) is 14.8. The van der Waals surface area contributed by atoms with Gasteiger partial charge >= 0.3 is 6.18 Å². The normalized spacial score (nSPS) is 17.1. The van der Waals surface area contributed by atoms with Crippen molar-refractivity contribution in [2.75, 3.05) is 14.2 Å². The maximum atomic E-state index is 13.1. The summed E-state index contributed by atoms with van der Waals surface area (Å²) in [6.45, 7) is 0. The molecule has 2 aromatic rings. The van der Waals surface area contributed by atoms with Gasteiger partial charge in [-0.2, -0.15) is 13.2 Å². The summed E-state index contributed by atoms with van der Waals surface area (Å²) >= 11 is 0.947. The fourth-order valence-corrected chi connectivity index (χ4v) is 3.32. The molecule has 3 rings (SSSR count). The van der Waals surface area contributed by atoms with Crippen molar-refractivity contribution >= 4 is 34.6 Å². The minimum Gasteiger partial charge on any atom is -0.497 e. The molecule has 1 aliphatic heterocycles. The smallest absolute Gasteiger partial charge is 0.418 e. The number of amides is 1. The van der Waals surface area contributed by atoms with Gasteiger partial charge in [0.2, 0.25) is 0 Å². The van der Waals surface area contributed by atoms with Crippen LogP contribution in [0.25, 0.3) is 6.08 Å². The van der Waals surface area contributed by atoms with Crippen LogP contribution in [0.1, 0.15) is 11.1 Å². The van der Waals surface area contributed by atoms with Crippen LogP contribution in [0.2, 0.25) is 0 Å². The second kappa shape index (κ2) is 7.97. The van der Waals surface area contributed by atoms with Gasteiger partial charge in [0.1, 0.15) is 11.5 Å². The van der Waals surface area contributed by atoms with Crippen LogP contribution in [0.15, 0.2) is 52.4 Å². The lowest BCUT2D eigenvalue weighted by molar-refractivity contribution is -0.137. The summed E-state index contributed by atoms with van der Waals surface area (Å²) in [5, 5.41) is 2.55. The lowest BCUT2D eigenvalue weighted by atomic mass is 10.1. The van der Waals surface area contributed by atoms with E-state index in [4.69, 9.17) is 9.47 Å². The number of amidine groups is 1. The summed E-state index contributed by atoms with van der Waals surface area (Å²) in [7, 11) is 3.01. The van der Waals surface area contributed by atoms with Crippen LogP contribution >= 0.6 is 11.8 Å². The molecule has 1 fully saturated rings. The molecule has 0 spiro atoms. The van der Waals surface area contributed by atoms with E-state index in [1.54, 1.807) is 24.3 Å². The molecule has 1 N–H and O–H groups in total. The molecule has 1 amide bonds. The molecule has 0 unspecified atom stereocenters. The van der Waals surface area contributed by atoms with Gasteiger partial charge in [0.25, 0.3) is 5.91 Å². The molecule has 146 valence electrons. The number of nitrogens with zero attached hydrogens (tertiary/aromatic N) is 1. The number of aliphatic imine (C=N–C) groups is 1. The predicted molar refractivity (Wildman–Crippen MR) is 102 cm³/mol. The number of nitrogens with one attached hydrogen (secondary N) is 1. The van der Waals surface area contributed by atoms with E-state index >= 15 is 0 Å². The molecule has 1 saturated heterocycles. The Morgan fingerprint density at radius 1 is 1.11 bits per heavy atom. The van der Waals surface area contributed by atoms with Gasteiger partial charge in [0, 0.05) is 5.56 Å². The van der Waals surface area contributed by atoms with Gasteiger partial charge in [-0.3, -0.25) is 4.79 Å². The summed E-state index contributed by atoms with van der Waals surface area (Å²) in [6.07, 6.45) is -2.97. The third-order valence-electron chi connectivity index (χ3n) is 3.81. The average molecular weight is 408 g/mol. The van der Waals surface area contributed by atoms with E-state index in [9.17, 15) is 18.0 Å². The van der Waals surface area contributed by atoms with Crippen molar-refractivity contribution in [2.45, 2.75) is 6.18 Å². The van der Waals surface area contributed by atoms with E-state index in [0.717, 1.165) is 17.8 Å². The Morgan fingerprint density at radius 2 is 1.86 bits per heavy atom. The van der Waals surface area contributed by atoms with E-state index in [1.807, 2.05) is 0 Å².